The van der Waals surface area contributed by atoms with Crippen LogP contribution >= 0.6 is 0 Å². The quantitative estimate of drug-likeness (QED) is 0.715. The SMILES string of the molecule is CC(C)(C)OC(=O)N[C@H]1[C@H](CO[Si](C)(C)C(C)(C)C)CCNS1(=O)=O. The van der Waals surface area contributed by atoms with Gasteiger partial charge in [0.2, 0.25) is 10.0 Å². The van der Waals surface area contributed by atoms with Crippen molar-refractivity contribution in [3.8, 4) is 0 Å². The van der Waals surface area contributed by atoms with Crippen LogP contribution in [0.2, 0.25) is 18.1 Å². The summed E-state index contributed by atoms with van der Waals surface area (Å²) in [7, 11) is -5.66. The number of nitrogens with one attached hydrogen (secondary N) is 2. The second kappa shape index (κ2) is 7.54. The number of rotatable bonds is 4. The minimum absolute atomic E-state index is 0.0346. The van der Waals surface area contributed by atoms with Crippen molar-refractivity contribution >= 4 is 24.4 Å². The van der Waals surface area contributed by atoms with E-state index in [1.54, 1.807) is 20.8 Å². The number of carbonyl (C=O) groups excluding carboxylic acids is 1. The number of amides is 1. The number of alkyl carbamates (subject to hydrolysis) is 1. The highest BCUT2D eigenvalue weighted by Crippen LogP contribution is 2.37. The predicted molar refractivity (Wildman–Crippen MR) is 101 cm³/mol. The summed E-state index contributed by atoms with van der Waals surface area (Å²) in [4.78, 5) is 12.1. The fourth-order valence-corrected chi connectivity index (χ4v) is 4.82. The maximum absolute atomic E-state index is 12.4. The molecule has 1 aliphatic heterocycles. The molecule has 1 amide bonds. The molecule has 1 aliphatic rings. The van der Waals surface area contributed by atoms with Crippen LogP contribution in [0.4, 0.5) is 4.79 Å². The molecule has 0 aliphatic carbocycles. The number of hydrogen-bond donors (Lipinski definition) is 2. The number of ether oxygens (including phenoxy) is 1. The topological polar surface area (TPSA) is 93.7 Å². The maximum Gasteiger partial charge on any atom is 0.408 e. The third kappa shape index (κ3) is 6.54. The second-order valence-electron chi connectivity index (χ2n) is 9.13. The molecule has 2 N–H and O–H groups in total. The zero-order chi connectivity index (χ0) is 19.7. The Labute approximate surface area is 153 Å². The molecule has 7 nitrogen and oxygen atoms in total. The monoisotopic (exact) mass is 394 g/mol. The van der Waals surface area contributed by atoms with Crippen LogP contribution in [-0.2, 0) is 19.2 Å². The first kappa shape index (κ1) is 22.4. The van der Waals surface area contributed by atoms with Gasteiger partial charge in [0.05, 0.1) is 0 Å². The Morgan fingerprint density at radius 1 is 1.20 bits per heavy atom. The lowest BCUT2D eigenvalue weighted by molar-refractivity contribution is 0.0495. The van der Waals surface area contributed by atoms with Crippen molar-refractivity contribution in [2.45, 2.75) is 77.1 Å². The van der Waals surface area contributed by atoms with Gasteiger partial charge in [0, 0.05) is 19.1 Å². The molecule has 0 bridgehead atoms. The van der Waals surface area contributed by atoms with Gasteiger partial charge in [0.1, 0.15) is 5.60 Å². The minimum atomic E-state index is -3.65. The molecular formula is C16H34N2O5SSi. The molecule has 1 saturated heterocycles. The Bertz CT molecular complexity index is 578. The third-order valence-electron chi connectivity index (χ3n) is 4.70. The van der Waals surface area contributed by atoms with E-state index in [2.05, 4.69) is 43.9 Å². The molecule has 0 aromatic carbocycles. The Morgan fingerprint density at radius 3 is 2.24 bits per heavy atom. The summed E-state index contributed by atoms with van der Waals surface area (Å²) < 4.78 is 38.7. The van der Waals surface area contributed by atoms with E-state index in [9.17, 15) is 13.2 Å². The Balaban J connectivity index is 2.87. The lowest BCUT2D eigenvalue weighted by Gasteiger charge is -2.39. The van der Waals surface area contributed by atoms with Crippen molar-refractivity contribution in [1.29, 1.82) is 0 Å². The summed E-state index contributed by atoms with van der Waals surface area (Å²) in [6.45, 7) is 16.5. The van der Waals surface area contributed by atoms with Crippen molar-refractivity contribution in [3.63, 3.8) is 0 Å². The van der Waals surface area contributed by atoms with Gasteiger partial charge in [-0.2, -0.15) is 0 Å². The van der Waals surface area contributed by atoms with Gasteiger partial charge in [-0.1, -0.05) is 20.8 Å². The van der Waals surface area contributed by atoms with Gasteiger partial charge in [-0.15, -0.1) is 0 Å². The Morgan fingerprint density at radius 2 is 1.76 bits per heavy atom. The van der Waals surface area contributed by atoms with Gasteiger partial charge in [-0.05, 0) is 45.3 Å². The molecule has 0 radical (unpaired) electrons. The summed E-state index contributed by atoms with van der Waals surface area (Å²) >= 11 is 0. The van der Waals surface area contributed by atoms with Crippen LogP contribution in [0.15, 0.2) is 0 Å². The summed E-state index contributed by atoms with van der Waals surface area (Å²) in [5.74, 6) is -0.312. The molecule has 1 heterocycles. The van der Waals surface area contributed by atoms with Gasteiger partial charge in [0.25, 0.3) is 0 Å². The molecule has 0 unspecified atom stereocenters. The molecule has 25 heavy (non-hydrogen) atoms. The smallest absolute Gasteiger partial charge is 0.408 e. The van der Waals surface area contributed by atoms with E-state index in [0.29, 0.717) is 19.6 Å². The average molecular weight is 395 g/mol. The first-order valence-electron chi connectivity index (χ1n) is 8.67. The largest absolute Gasteiger partial charge is 0.444 e. The predicted octanol–water partition coefficient (Wildman–Crippen LogP) is 2.80. The lowest BCUT2D eigenvalue weighted by Crippen LogP contribution is -2.57. The van der Waals surface area contributed by atoms with Crippen molar-refractivity contribution < 1.29 is 22.4 Å². The number of sulfonamides is 1. The third-order valence-corrected chi connectivity index (χ3v) is 11.0. The molecular weight excluding hydrogens is 360 g/mol. The Hall–Kier alpha value is -0.643. The van der Waals surface area contributed by atoms with E-state index < -0.39 is 35.4 Å². The van der Waals surface area contributed by atoms with Crippen LogP contribution in [0.3, 0.4) is 0 Å². The Kier molecular flexibility index (Phi) is 6.75. The van der Waals surface area contributed by atoms with Crippen molar-refractivity contribution in [1.82, 2.24) is 10.0 Å². The second-order valence-corrected chi connectivity index (χ2v) is 15.8. The van der Waals surface area contributed by atoms with E-state index in [4.69, 9.17) is 9.16 Å². The molecule has 0 aromatic rings. The van der Waals surface area contributed by atoms with E-state index in [1.165, 1.54) is 0 Å². The molecule has 1 rings (SSSR count). The highest BCUT2D eigenvalue weighted by atomic mass is 32.2. The van der Waals surface area contributed by atoms with Gasteiger partial charge >= 0.3 is 6.09 Å². The molecule has 9 heteroatoms. The van der Waals surface area contributed by atoms with E-state index in [0.717, 1.165) is 0 Å². The van der Waals surface area contributed by atoms with Crippen LogP contribution in [-0.4, -0.2) is 47.0 Å². The maximum atomic E-state index is 12.4. The van der Waals surface area contributed by atoms with Crippen molar-refractivity contribution in [2.24, 2.45) is 5.92 Å². The highest BCUT2D eigenvalue weighted by Gasteiger charge is 2.42. The summed E-state index contributed by atoms with van der Waals surface area (Å²) in [6, 6.07) is 0. The summed E-state index contributed by atoms with van der Waals surface area (Å²) in [6.07, 6.45) is -0.129. The van der Waals surface area contributed by atoms with Gasteiger partial charge in [-0.25, -0.2) is 17.9 Å². The number of carbonyl (C=O) groups is 1. The molecule has 148 valence electrons. The molecule has 0 saturated carbocycles. The molecule has 0 spiro atoms. The summed E-state index contributed by atoms with van der Waals surface area (Å²) in [5.41, 5.74) is -0.691. The van der Waals surface area contributed by atoms with Gasteiger partial charge in [-0.3, -0.25) is 0 Å². The first-order chi connectivity index (χ1) is 11.1. The van der Waals surface area contributed by atoms with Gasteiger partial charge < -0.3 is 14.5 Å². The van der Waals surface area contributed by atoms with E-state index in [1.807, 2.05) is 0 Å². The van der Waals surface area contributed by atoms with Crippen molar-refractivity contribution in [3.05, 3.63) is 0 Å². The molecule has 2 atom stereocenters. The standard InChI is InChI=1S/C16H34N2O5SSi/c1-15(2,3)23-14(19)18-13-12(9-10-17-24(13,20)21)11-22-25(7,8)16(4,5)6/h12-13,17H,9-11H2,1-8H3,(H,18,19)/t12-,13+/m0/s1. The van der Waals surface area contributed by atoms with Crippen LogP contribution in [0.25, 0.3) is 0 Å². The van der Waals surface area contributed by atoms with Gasteiger partial charge in [0.15, 0.2) is 13.7 Å². The van der Waals surface area contributed by atoms with E-state index >= 15 is 0 Å². The fourth-order valence-electron chi connectivity index (χ4n) is 2.20. The van der Waals surface area contributed by atoms with Crippen molar-refractivity contribution in [2.75, 3.05) is 13.2 Å². The average Bonchev–Trinajstić information content (AvgIpc) is 2.35. The summed E-state index contributed by atoms with van der Waals surface area (Å²) in [5, 5.41) is 1.49. The minimum Gasteiger partial charge on any atom is -0.444 e. The molecule has 1 fully saturated rings. The molecule has 0 aromatic heterocycles. The van der Waals surface area contributed by atoms with Crippen LogP contribution in [0, 0.1) is 5.92 Å². The number of hydrogen-bond acceptors (Lipinski definition) is 5. The normalized spacial score (nSPS) is 24.6. The van der Waals surface area contributed by atoms with E-state index in [-0.39, 0.29) is 11.0 Å². The van der Waals surface area contributed by atoms with Crippen LogP contribution < -0.4 is 10.0 Å². The first-order valence-corrected chi connectivity index (χ1v) is 13.1. The lowest BCUT2D eigenvalue weighted by atomic mass is 10.1. The fraction of sp³-hybridized carbons (Fsp3) is 0.938. The zero-order valence-electron chi connectivity index (χ0n) is 16.7. The van der Waals surface area contributed by atoms with Crippen LogP contribution in [0.1, 0.15) is 48.0 Å². The van der Waals surface area contributed by atoms with Crippen LogP contribution in [0.5, 0.6) is 0 Å². The highest BCUT2D eigenvalue weighted by molar-refractivity contribution is 7.90. The zero-order valence-corrected chi connectivity index (χ0v) is 18.5.